The van der Waals surface area contributed by atoms with Gasteiger partial charge in [-0.25, -0.2) is 9.78 Å². The van der Waals surface area contributed by atoms with Gasteiger partial charge in [-0.15, -0.1) is 11.3 Å². The van der Waals surface area contributed by atoms with Crippen molar-refractivity contribution in [3.63, 3.8) is 0 Å². The number of unbranched alkanes of at least 4 members (excludes halogenated alkanes) is 1. The fourth-order valence-corrected chi connectivity index (χ4v) is 3.14. The second-order valence-electron chi connectivity index (χ2n) is 5.19. The molecule has 3 nitrogen and oxygen atoms in total. The molecule has 2 rings (SSSR count). The number of carbonyl (C=O) groups is 1. The minimum absolute atomic E-state index is 0.296. The monoisotopic (exact) mass is 315 g/mol. The maximum atomic E-state index is 11.6. The number of carbonyl (C=O) groups excluding carboxylic acids is 1. The summed E-state index contributed by atoms with van der Waals surface area (Å²) in [5.74, 6) is -0.296. The molecular weight excluding hydrogens is 294 g/mol. The first kappa shape index (κ1) is 16.4. The highest BCUT2D eigenvalue weighted by Crippen LogP contribution is 2.31. The highest BCUT2D eigenvalue weighted by Gasteiger charge is 2.09. The SMILES string of the molecule is CCCCOC(=O)/C=C/c1cnc(-c2c(C)cccc2C)s1. The molecule has 0 fully saturated rings. The van der Waals surface area contributed by atoms with Gasteiger partial charge in [-0.05, 0) is 37.5 Å². The Morgan fingerprint density at radius 1 is 1.32 bits per heavy atom. The smallest absolute Gasteiger partial charge is 0.330 e. The van der Waals surface area contributed by atoms with Crippen LogP contribution in [0.5, 0.6) is 0 Å². The van der Waals surface area contributed by atoms with Crippen LogP contribution in [0, 0.1) is 13.8 Å². The Hall–Kier alpha value is -1.94. The van der Waals surface area contributed by atoms with Gasteiger partial charge in [-0.2, -0.15) is 0 Å². The van der Waals surface area contributed by atoms with Crippen molar-refractivity contribution in [1.29, 1.82) is 0 Å². The summed E-state index contributed by atoms with van der Waals surface area (Å²) in [6.07, 6.45) is 6.95. The largest absolute Gasteiger partial charge is 0.463 e. The number of thiazole rings is 1. The highest BCUT2D eigenvalue weighted by atomic mass is 32.1. The number of nitrogens with zero attached hydrogens (tertiary/aromatic N) is 1. The molecule has 0 bridgehead atoms. The van der Waals surface area contributed by atoms with E-state index in [0.717, 1.165) is 22.7 Å². The van der Waals surface area contributed by atoms with Crippen molar-refractivity contribution in [2.75, 3.05) is 6.61 Å². The van der Waals surface area contributed by atoms with E-state index in [1.54, 1.807) is 23.6 Å². The van der Waals surface area contributed by atoms with Crippen LogP contribution >= 0.6 is 11.3 Å². The summed E-state index contributed by atoms with van der Waals surface area (Å²) in [7, 11) is 0. The molecule has 0 saturated heterocycles. The van der Waals surface area contributed by atoms with Crippen molar-refractivity contribution in [3.8, 4) is 10.6 Å². The van der Waals surface area contributed by atoms with Crippen molar-refractivity contribution >= 4 is 23.4 Å². The lowest BCUT2D eigenvalue weighted by molar-refractivity contribution is -0.137. The van der Waals surface area contributed by atoms with Gasteiger partial charge in [0.1, 0.15) is 5.01 Å². The Labute approximate surface area is 135 Å². The number of hydrogen-bond donors (Lipinski definition) is 0. The fourth-order valence-electron chi connectivity index (χ4n) is 2.15. The fraction of sp³-hybridized carbons (Fsp3) is 0.333. The topological polar surface area (TPSA) is 39.2 Å². The third-order valence-electron chi connectivity index (χ3n) is 3.34. The van der Waals surface area contributed by atoms with Crippen LogP contribution in [0.3, 0.4) is 0 Å². The van der Waals surface area contributed by atoms with Gasteiger partial charge in [-0.3, -0.25) is 0 Å². The van der Waals surface area contributed by atoms with Gasteiger partial charge in [0.2, 0.25) is 0 Å². The van der Waals surface area contributed by atoms with E-state index in [2.05, 4.69) is 44.0 Å². The van der Waals surface area contributed by atoms with Gasteiger partial charge in [-0.1, -0.05) is 31.5 Å². The second kappa shape index (κ2) is 7.90. The van der Waals surface area contributed by atoms with Crippen LogP contribution in [-0.2, 0) is 9.53 Å². The molecular formula is C18H21NO2S. The predicted molar refractivity (Wildman–Crippen MR) is 91.9 cm³/mol. The summed E-state index contributed by atoms with van der Waals surface area (Å²) < 4.78 is 5.09. The van der Waals surface area contributed by atoms with Crippen LogP contribution in [0.15, 0.2) is 30.5 Å². The maximum Gasteiger partial charge on any atom is 0.330 e. The lowest BCUT2D eigenvalue weighted by Gasteiger charge is -2.05. The van der Waals surface area contributed by atoms with Gasteiger partial charge in [0.05, 0.1) is 6.61 Å². The number of hydrogen-bond acceptors (Lipinski definition) is 4. The van der Waals surface area contributed by atoms with Crippen LogP contribution in [0.25, 0.3) is 16.6 Å². The molecule has 0 radical (unpaired) electrons. The van der Waals surface area contributed by atoms with E-state index in [-0.39, 0.29) is 5.97 Å². The van der Waals surface area contributed by atoms with E-state index in [9.17, 15) is 4.79 Å². The Kier molecular flexibility index (Phi) is 5.90. The number of aromatic nitrogens is 1. The lowest BCUT2D eigenvalue weighted by Crippen LogP contribution is -2.01. The normalized spacial score (nSPS) is 11.0. The highest BCUT2D eigenvalue weighted by molar-refractivity contribution is 7.15. The number of rotatable bonds is 6. The predicted octanol–water partition coefficient (Wildman–Crippen LogP) is 4.78. The first-order valence-electron chi connectivity index (χ1n) is 7.49. The number of ether oxygens (including phenoxy) is 1. The zero-order valence-corrected chi connectivity index (χ0v) is 14.1. The van der Waals surface area contributed by atoms with Crippen LogP contribution in [0.1, 0.15) is 35.8 Å². The standard InChI is InChI=1S/C18H21NO2S/c1-4-5-11-21-16(20)10-9-15-12-19-18(22-15)17-13(2)7-6-8-14(17)3/h6-10,12H,4-5,11H2,1-3H3/b10-9+. The van der Waals surface area contributed by atoms with Crippen LogP contribution in [-0.4, -0.2) is 17.6 Å². The molecule has 0 aliphatic heterocycles. The summed E-state index contributed by atoms with van der Waals surface area (Å²) in [6, 6.07) is 6.23. The Morgan fingerprint density at radius 2 is 2.05 bits per heavy atom. The summed E-state index contributed by atoms with van der Waals surface area (Å²) in [4.78, 5) is 17.0. The Bertz CT molecular complexity index is 653. The third kappa shape index (κ3) is 4.28. The molecule has 1 aromatic heterocycles. The van der Waals surface area contributed by atoms with Crippen molar-refractivity contribution in [1.82, 2.24) is 4.98 Å². The molecule has 0 spiro atoms. The molecule has 0 aliphatic rings. The minimum atomic E-state index is -0.296. The van der Waals surface area contributed by atoms with E-state index < -0.39 is 0 Å². The van der Waals surface area contributed by atoms with Crippen molar-refractivity contribution in [2.24, 2.45) is 0 Å². The molecule has 1 aromatic carbocycles. The molecule has 4 heteroatoms. The molecule has 2 aromatic rings. The first-order chi connectivity index (χ1) is 10.6. The van der Waals surface area contributed by atoms with Crippen LogP contribution in [0.4, 0.5) is 0 Å². The minimum Gasteiger partial charge on any atom is -0.463 e. The number of benzene rings is 1. The lowest BCUT2D eigenvalue weighted by atomic mass is 10.0. The first-order valence-corrected chi connectivity index (χ1v) is 8.30. The van der Waals surface area contributed by atoms with E-state index in [4.69, 9.17) is 4.74 Å². The van der Waals surface area contributed by atoms with Gasteiger partial charge >= 0.3 is 5.97 Å². The Morgan fingerprint density at radius 3 is 2.73 bits per heavy atom. The molecule has 0 atom stereocenters. The summed E-state index contributed by atoms with van der Waals surface area (Å²) in [5.41, 5.74) is 3.60. The van der Waals surface area contributed by atoms with Crippen molar-refractivity contribution < 1.29 is 9.53 Å². The summed E-state index contributed by atoms with van der Waals surface area (Å²) in [5, 5.41) is 0.981. The van der Waals surface area contributed by atoms with Crippen LogP contribution < -0.4 is 0 Å². The van der Waals surface area contributed by atoms with Gasteiger partial charge in [0, 0.05) is 22.7 Å². The average Bonchev–Trinajstić information content (AvgIpc) is 2.94. The molecule has 0 saturated carbocycles. The number of aryl methyl sites for hydroxylation is 2. The van der Waals surface area contributed by atoms with Crippen molar-refractivity contribution in [3.05, 3.63) is 46.5 Å². The van der Waals surface area contributed by atoms with E-state index >= 15 is 0 Å². The second-order valence-corrected chi connectivity index (χ2v) is 6.25. The molecule has 0 N–H and O–H groups in total. The van der Waals surface area contributed by atoms with Gasteiger partial charge in [0.25, 0.3) is 0 Å². The molecule has 1 heterocycles. The molecule has 116 valence electrons. The van der Waals surface area contributed by atoms with Crippen molar-refractivity contribution in [2.45, 2.75) is 33.6 Å². The summed E-state index contributed by atoms with van der Waals surface area (Å²) in [6.45, 7) is 6.72. The average molecular weight is 315 g/mol. The third-order valence-corrected chi connectivity index (χ3v) is 4.32. The van der Waals surface area contributed by atoms with Crippen LogP contribution in [0.2, 0.25) is 0 Å². The summed E-state index contributed by atoms with van der Waals surface area (Å²) >= 11 is 1.58. The Balaban J connectivity index is 2.07. The molecule has 0 amide bonds. The molecule has 22 heavy (non-hydrogen) atoms. The maximum absolute atomic E-state index is 11.6. The van der Waals surface area contributed by atoms with E-state index in [0.29, 0.717) is 6.61 Å². The quantitative estimate of drug-likeness (QED) is 0.437. The van der Waals surface area contributed by atoms with E-state index in [1.807, 2.05) is 0 Å². The number of esters is 1. The van der Waals surface area contributed by atoms with Gasteiger partial charge in [0.15, 0.2) is 0 Å². The molecule has 0 aliphatic carbocycles. The zero-order valence-electron chi connectivity index (χ0n) is 13.3. The zero-order chi connectivity index (χ0) is 15.9. The van der Waals surface area contributed by atoms with E-state index in [1.165, 1.54) is 22.8 Å². The molecule has 0 unspecified atom stereocenters. The van der Waals surface area contributed by atoms with Gasteiger partial charge < -0.3 is 4.74 Å².